The van der Waals surface area contributed by atoms with E-state index < -0.39 is 0 Å². The Morgan fingerprint density at radius 2 is 1.48 bits per heavy atom. The van der Waals surface area contributed by atoms with Gasteiger partial charge in [0.1, 0.15) is 5.75 Å². The largest absolute Gasteiger partial charge is 0.455 e. The number of amides is 1. The quantitative estimate of drug-likeness (QED) is 0.319. The lowest BCUT2D eigenvalue weighted by atomic mass is 10.0. The van der Waals surface area contributed by atoms with Crippen LogP contribution in [0.2, 0.25) is 0 Å². The van der Waals surface area contributed by atoms with Crippen molar-refractivity contribution in [3.63, 3.8) is 0 Å². The zero-order valence-corrected chi connectivity index (χ0v) is 18.2. The van der Waals surface area contributed by atoms with Gasteiger partial charge in [0.25, 0.3) is 5.91 Å². The van der Waals surface area contributed by atoms with Gasteiger partial charge in [0.15, 0.2) is 5.75 Å². The number of para-hydroxylation sites is 4. The summed E-state index contributed by atoms with van der Waals surface area (Å²) >= 11 is 0. The van der Waals surface area contributed by atoms with Gasteiger partial charge in [0, 0.05) is 10.9 Å². The number of benzene rings is 4. The molecule has 0 spiro atoms. The van der Waals surface area contributed by atoms with E-state index in [2.05, 4.69) is 5.32 Å². The number of hydrogen-bond donors (Lipinski definition) is 1. The van der Waals surface area contributed by atoms with Crippen molar-refractivity contribution in [1.82, 2.24) is 4.98 Å². The van der Waals surface area contributed by atoms with E-state index in [0.717, 1.165) is 22.2 Å². The summed E-state index contributed by atoms with van der Waals surface area (Å²) < 4.78 is 6.01. The predicted molar refractivity (Wildman–Crippen MR) is 133 cm³/mol. The first-order valence-corrected chi connectivity index (χ1v) is 10.8. The Balaban J connectivity index is 1.52. The van der Waals surface area contributed by atoms with Gasteiger partial charge in [0.05, 0.1) is 22.5 Å². The van der Waals surface area contributed by atoms with E-state index in [4.69, 9.17) is 9.72 Å². The normalized spacial score (nSPS) is 10.7. The fraction of sp³-hybridized carbons (Fsp3) is 0.0345. The summed E-state index contributed by atoms with van der Waals surface area (Å²) in [7, 11) is 0. The fourth-order valence-electron chi connectivity index (χ4n) is 3.70. The zero-order valence-electron chi connectivity index (χ0n) is 18.2. The molecule has 0 atom stereocenters. The van der Waals surface area contributed by atoms with Crippen LogP contribution >= 0.6 is 0 Å². The standard InChI is InChI=1S/C29H22N2O2/c1-20-15-17-21(18-16-20)27-19-24(23-11-5-6-12-25(23)30-27)29(32)31-26-13-7-8-14-28(26)33-22-9-3-2-4-10-22/h2-19H,1H3,(H,31,32). The van der Waals surface area contributed by atoms with Crippen LogP contribution in [0.15, 0.2) is 109 Å². The summed E-state index contributed by atoms with van der Waals surface area (Å²) in [5.41, 5.74) is 4.83. The summed E-state index contributed by atoms with van der Waals surface area (Å²) in [5.74, 6) is 1.07. The summed E-state index contributed by atoms with van der Waals surface area (Å²) in [5, 5.41) is 3.83. The molecule has 4 nitrogen and oxygen atoms in total. The molecule has 1 amide bonds. The molecule has 0 aliphatic heterocycles. The molecule has 0 saturated heterocycles. The Hall–Kier alpha value is -4.44. The Morgan fingerprint density at radius 3 is 2.30 bits per heavy atom. The van der Waals surface area contributed by atoms with Crippen LogP contribution in [0.4, 0.5) is 5.69 Å². The lowest BCUT2D eigenvalue weighted by Gasteiger charge is -2.14. The Kier molecular flexibility index (Phi) is 5.56. The lowest BCUT2D eigenvalue weighted by molar-refractivity contribution is 0.102. The second-order valence-corrected chi connectivity index (χ2v) is 7.80. The number of fused-ring (bicyclic) bond motifs is 1. The van der Waals surface area contributed by atoms with Crippen molar-refractivity contribution < 1.29 is 9.53 Å². The van der Waals surface area contributed by atoms with Crippen molar-refractivity contribution in [2.24, 2.45) is 0 Å². The molecule has 5 rings (SSSR count). The number of pyridine rings is 1. The minimum absolute atomic E-state index is 0.217. The number of carbonyl (C=O) groups excluding carboxylic acids is 1. The molecule has 33 heavy (non-hydrogen) atoms. The van der Waals surface area contributed by atoms with Gasteiger partial charge in [-0.3, -0.25) is 4.79 Å². The van der Waals surface area contributed by atoms with Gasteiger partial charge in [-0.15, -0.1) is 0 Å². The van der Waals surface area contributed by atoms with Crippen molar-refractivity contribution in [2.45, 2.75) is 6.92 Å². The number of aryl methyl sites for hydroxylation is 1. The number of hydrogen-bond acceptors (Lipinski definition) is 3. The minimum Gasteiger partial charge on any atom is -0.455 e. The van der Waals surface area contributed by atoms with Gasteiger partial charge in [-0.25, -0.2) is 4.98 Å². The molecule has 1 aromatic heterocycles. The molecule has 5 aromatic rings. The molecule has 0 bridgehead atoms. The maximum absolute atomic E-state index is 13.5. The van der Waals surface area contributed by atoms with Crippen LogP contribution in [0, 0.1) is 6.92 Å². The van der Waals surface area contributed by atoms with Gasteiger partial charge >= 0.3 is 0 Å². The third kappa shape index (κ3) is 4.46. The van der Waals surface area contributed by atoms with E-state index in [0.29, 0.717) is 22.7 Å². The third-order valence-corrected chi connectivity index (χ3v) is 5.41. The minimum atomic E-state index is -0.217. The molecule has 0 aliphatic carbocycles. The molecule has 1 heterocycles. The number of ether oxygens (including phenoxy) is 1. The van der Waals surface area contributed by atoms with E-state index in [1.54, 1.807) is 0 Å². The molecule has 4 aromatic carbocycles. The van der Waals surface area contributed by atoms with Gasteiger partial charge in [-0.05, 0) is 43.3 Å². The third-order valence-electron chi connectivity index (χ3n) is 5.41. The highest BCUT2D eigenvalue weighted by atomic mass is 16.5. The van der Waals surface area contributed by atoms with E-state index in [9.17, 15) is 4.79 Å². The molecule has 0 radical (unpaired) electrons. The van der Waals surface area contributed by atoms with Crippen molar-refractivity contribution in [3.05, 3.63) is 120 Å². The lowest BCUT2D eigenvalue weighted by Crippen LogP contribution is -2.13. The van der Waals surface area contributed by atoms with Gasteiger partial charge in [-0.1, -0.05) is 78.4 Å². The number of nitrogens with one attached hydrogen (secondary N) is 1. The molecule has 0 fully saturated rings. The van der Waals surface area contributed by atoms with Crippen molar-refractivity contribution in [3.8, 4) is 22.8 Å². The van der Waals surface area contributed by atoms with Gasteiger partial charge in [-0.2, -0.15) is 0 Å². The Labute approximate surface area is 192 Å². The molecule has 1 N–H and O–H groups in total. The molecular weight excluding hydrogens is 408 g/mol. The topological polar surface area (TPSA) is 51.2 Å². The molecule has 0 unspecified atom stereocenters. The van der Waals surface area contributed by atoms with E-state index in [1.165, 1.54) is 5.56 Å². The summed E-state index contributed by atoms with van der Waals surface area (Å²) in [4.78, 5) is 18.3. The van der Waals surface area contributed by atoms with E-state index in [-0.39, 0.29) is 5.91 Å². The summed E-state index contributed by atoms with van der Waals surface area (Å²) in [6.07, 6.45) is 0. The average Bonchev–Trinajstić information content (AvgIpc) is 2.85. The zero-order chi connectivity index (χ0) is 22.6. The average molecular weight is 431 g/mol. The number of aromatic nitrogens is 1. The predicted octanol–water partition coefficient (Wildman–Crippen LogP) is 7.25. The van der Waals surface area contributed by atoms with Crippen LogP contribution in [0.5, 0.6) is 11.5 Å². The number of carbonyl (C=O) groups is 1. The fourth-order valence-corrected chi connectivity index (χ4v) is 3.70. The second kappa shape index (κ2) is 8.97. The number of anilines is 1. The second-order valence-electron chi connectivity index (χ2n) is 7.80. The highest BCUT2D eigenvalue weighted by Crippen LogP contribution is 2.31. The van der Waals surface area contributed by atoms with Gasteiger partial charge in [0.2, 0.25) is 0 Å². The van der Waals surface area contributed by atoms with Crippen molar-refractivity contribution in [1.29, 1.82) is 0 Å². The monoisotopic (exact) mass is 430 g/mol. The van der Waals surface area contributed by atoms with Crippen LogP contribution in [-0.4, -0.2) is 10.9 Å². The number of nitrogens with zero attached hydrogens (tertiary/aromatic N) is 1. The van der Waals surface area contributed by atoms with Gasteiger partial charge < -0.3 is 10.1 Å². The molecule has 0 saturated carbocycles. The van der Waals surface area contributed by atoms with E-state index in [1.807, 2.05) is 116 Å². The van der Waals surface area contributed by atoms with Crippen LogP contribution in [0.1, 0.15) is 15.9 Å². The van der Waals surface area contributed by atoms with E-state index >= 15 is 0 Å². The van der Waals surface area contributed by atoms with Crippen LogP contribution < -0.4 is 10.1 Å². The molecular formula is C29H22N2O2. The molecule has 160 valence electrons. The van der Waals surface area contributed by atoms with Crippen molar-refractivity contribution in [2.75, 3.05) is 5.32 Å². The molecule has 0 aliphatic rings. The first-order valence-electron chi connectivity index (χ1n) is 10.8. The first kappa shape index (κ1) is 20.5. The molecule has 4 heteroatoms. The highest BCUT2D eigenvalue weighted by molar-refractivity contribution is 6.13. The number of rotatable bonds is 5. The smallest absolute Gasteiger partial charge is 0.256 e. The first-order chi connectivity index (χ1) is 16.2. The Bertz CT molecular complexity index is 1430. The van der Waals surface area contributed by atoms with Crippen molar-refractivity contribution >= 4 is 22.5 Å². The maximum atomic E-state index is 13.5. The Morgan fingerprint density at radius 1 is 0.788 bits per heavy atom. The summed E-state index contributed by atoms with van der Waals surface area (Å²) in [6, 6.07) is 34.6. The highest BCUT2D eigenvalue weighted by Gasteiger charge is 2.16. The van der Waals surface area contributed by atoms with Crippen LogP contribution in [0.3, 0.4) is 0 Å². The van der Waals surface area contributed by atoms with Crippen LogP contribution in [-0.2, 0) is 0 Å². The van der Waals surface area contributed by atoms with Crippen LogP contribution in [0.25, 0.3) is 22.2 Å². The summed E-state index contributed by atoms with van der Waals surface area (Å²) in [6.45, 7) is 2.05. The maximum Gasteiger partial charge on any atom is 0.256 e. The SMILES string of the molecule is Cc1ccc(-c2cc(C(=O)Nc3ccccc3Oc3ccccc3)c3ccccc3n2)cc1.